The smallest absolute Gasteiger partial charge is 0.240 e. The van der Waals surface area contributed by atoms with Crippen molar-refractivity contribution in [2.45, 2.75) is 79.1 Å². The van der Waals surface area contributed by atoms with Gasteiger partial charge in [-0.15, -0.1) is 23.4 Å². The maximum absolute atomic E-state index is 13.4. The first-order valence-corrected chi connectivity index (χ1v) is 14.0. The second kappa shape index (κ2) is 12.0. The van der Waals surface area contributed by atoms with Crippen LogP contribution < -0.4 is 10.6 Å². The largest absolute Gasteiger partial charge is 0.388 e. The Morgan fingerprint density at radius 1 is 1.25 bits per heavy atom. The van der Waals surface area contributed by atoms with Crippen LogP contribution in [0.3, 0.4) is 0 Å². The third-order valence-corrected chi connectivity index (χ3v) is 8.67. The Labute approximate surface area is 220 Å². The zero-order valence-electron chi connectivity index (χ0n) is 20.3. The number of nitrogens with one attached hydrogen (secondary N) is 2. The minimum atomic E-state index is -1.42. The first-order valence-electron chi connectivity index (χ1n) is 12.3. The number of aliphatic hydroxyl groups excluding tert-OH is 3. The van der Waals surface area contributed by atoms with Gasteiger partial charge in [-0.2, -0.15) is 5.26 Å². The number of fused-ring (bicyclic) bond motifs is 1. The lowest BCUT2D eigenvalue weighted by atomic mass is 9.85. The molecule has 11 heteroatoms. The highest BCUT2D eigenvalue weighted by Gasteiger charge is 2.49. The highest BCUT2D eigenvalue weighted by atomic mass is 35.5. The lowest BCUT2D eigenvalue weighted by Crippen LogP contribution is -2.65. The van der Waals surface area contributed by atoms with Crippen LogP contribution in [0.5, 0.6) is 0 Å². The van der Waals surface area contributed by atoms with E-state index in [-0.39, 0.29) is 23.8 Å². The number of ether oxygens (including phenoxy) is 2. The van der Waals surface area contributed by atoms with Crippen molar-refractivity contribution in [1.29, 1.82) is 5.26 Å². The van der Waals surface area contributed by atoms with Crippen molar-refractivity contribution in [2.24, 2.45) is 5.92 Å². The van der Waals surface area contributed by atoms with Gasteiger partial charge >= 0.3 is 0 Å². The van der Waals surface area contributed by atoms with E-state index in [1.54, 1.807) is 13.2 Å². The maximum Gasteiger partial charge on any atom is 0.240 e. The van der Waals surface area contributed by atoms with Gasteiger partial charge in [0.1, 0.15) is 35.9 Å². The molecule has 1 aromatic rings. The van der Waals surface area contributed by atoms with Crippen LogP contribution in [0.1, 0.15) is 36.8 Å². The second-order valence-electron chi connectivity index (χ2n) is 9.82. The van der Waals surface area contributed by atoms with E-state index in [1.807, 2.05) is 24.3 Å². The normalized spacial score (nSPS) is 38.3. The standard InChI is InChI=1S/C25H34ClN3O6S/c1-12(26)17(23-20(31)19(30)21(32)25(35-23)36-2)29-24(33)18-22-16(11-28-18)9-15(7-8-34-22)14-5-3-13(10-27)4-6-14/h3-6,12,15-23,25,28,30-32H,7-9,11H2,1-2H3,(H,29,33)/t12-,15+,16-,17+,18-,19?,20?,21?,22+,23?,25?/m0/s1. The third-order valence-electron chi connectivity index (χ3n) is 7.55. The van der Waals surface area contributed by atoms with Crippen LogP contribution in [0.15, 0.2) is 24.3 Å². The third kappa shape index (κ3) is 5.69. The first kappa shape index (κ1) is 27.6. The van der Waals surface area contributed by atoms with E-state index in [4.69, 9.17) is 26.3 Å². The molecule has 0 saturated carbocycles. The Bertz CT molecular complexity index is 945. The highest BCUT2D eigenvalue weighted by molar-refractivity contribution is 7.99. The fourth-order valence-corrected chi connectivity index (χ4v) is 6.40. The number of halogens is 1. The summed E-state index contributed by atoms with van der Waals surface area (Å²) in [6.45, 7) is 2.82. The molecule has 0 aliphatic carbocycles. The molecule has 0 radical (unpaired) electrons. The number of rotatable bonds is 6. The Kier molecular flexibility index (Phi) is 9.18. The van der Waals surface area contributed by atoms with Crippen LogP contribution in [-0.2, 0) is 14.3 Å². The number of hydrogen-bond acceptors (Lipinski definition) is 9. The summed E-state index contributed by atoms with van der Waals surface area (Å²) >= 11 is 7.62. The Morgan fingerprint density at radius 2 is 1.97 bits per heavy atom. The molecule has 5 N–H and O–H groups in total. The van der Waals surface area contributed by atoms with Gasteiger partial charge in [0.15, 0.2) is 0 Å². The number of aliphatic hydroxyl groups is 3. The van der Waals surface area contributed by atoms with Crippen LogP contribution in [0.25, 0.3) is 0 Å². The molecule has 198 valence electrons. The van der Waals surface area contributed by atoms with Gasteiger partial charge in [-0.25, -0.2) is 0 Å². The Hall–Kier alpha value is -1.42. The van der Waals surface area contributed by atoms with E-state index in [2.05, 4.69) is 16.7 Å². The van der Waals surface area contributed by atoms with Crippen molar-refractivity contribution >= 4 is 29.3 Å². The minimum absolute atomic E-state index is 0.130. The summed E-state index contributed by atoms with van der Waals surface area (Å²) in [6.07, 6.45) is -2.00. The average Bonchev–Trinajstić information content (AvgIpc) is 3.16. The number of hydrogen-bond donors (Lipinski definition) is 5. The summed E-state index contributed by atoms with van der Waals surface area (Å²) in [7, 11) is 0. The van der Waals surface area contributed by atoms with Crippen molar-refractivity contribution in [2.75, 3.05) is 19.4 Å². The number of carbonyl (C=O) groups excluding carboxylic acids is 1. The second-order valence-corrected chi connectivity index (χ2v) is 11.4. The molecule has 3 aliphatic heterocycles. The summed E-state index contributed by atoms with van der Waals surface area (Å²) in [5, 5.41) is 45.8. The monoisotopic (exact) mass is 539 g/mol. The van der Waals surface area contributed by atoms with Crippen LogP contribution in [0, 0.1) is 17.2 Å². The molecule has 1 aromatic carbocycles. The molecule has 3 fully saturated rings. The minimum Gasteiger partial charge on any atom is -0.388 e. The summed E-state index contributed by atoms with van der Waals surface area (Å²) in [4.78, 5) is 13.4. The van der Waals surface area contributed by atoms with E-state index in [9.17, 15) is 20.1 Å². The fraction of sp³-hybridized carbons (Fsp3) is 0.680. The van der Waals surface area contributed by atoms with Crippen molar-refractivity contribution in [1.82, 2.24) is 10.6 Å². The molecule has 5 unspecified atom stereocenters. The zero-order valence-corrected chi connectivity index (χ0v) is 21.9. The van der Waals surface area contributed by atoms with E-state index < -0.39 is 47.3 Å². The summed E-state index contributed by atoms with van der Waals surface area (Å²) < 4.78 is 12.0. The van der Waals surface area contributed by atoms with Gasteiger partial charge in [0.2, 0.25) is 5.91 Å². The van der Waals surface area contributed by atoms with Gasteiger partial charge in [0, 0.05) is 19.1 Å². The Balaban J connectivity index is 1.43. The van der Waals surface area contributed by atoms with Crippen LogP contribution in [0.2, 0.25) is 0 Å². The number of nitriles is 1. The SMILES string of the molecule is CSC1OC([C@H](NC(=O)[C@H]2NC[C@@H]3C[C@H](c4ccc(C#N)cc4)CCO[C@H]32)[C@H](C)Cl)C(O)C(O)C1O. The predicted molar refractivity (Wildman–Crippen MR) is 136 cm³/mol. The number of nitrogens with zero attached hydrogens (tertiary/aromatic N) is 1. The van der Waals surface area contributed by atoms with Gasteiger partial charge in [-0.3, -0.25) is 4.79 Å². The van der Waals surface area contributed by atoms with Gasteiger partial charge in [-0.05, 0) is 49.6 Å². The van der Waals surface area contributed by atoms with E-state index in [0.717, 1.165) is 18.4 Å². The molecule has 9 nitrogen and oxygen atoms in total. The van der Waals surface area contributed by atoms with Gasteiger partial charge in [0.05, 0.1) is 29.2 Å². The topological polar surface area (TPSA) is 144 Å². The van der Waals surface area contributed by atoms with Gasteiger partial charge < -0.3 is 35.4 Å². The Morgan fingerprint density at radius 3 is 2.61 bits per heavy atom. The van der Waals surface area contributed by atoms with Crippen molar-refractivity contribution in [3.05, 3.63) is 35.4 Å². The van der Waals surface area contributed by atoms with E-state index in [1.165, 1.54) is 11.8 Å². The summed E-state index contributed by atoms with van der Waals surface area (Å²) in [6, 6.07) is 8.38. The number of benzene rings is 1. The van der Waals surface area contributed by atoms with Gasteiger partial charge in [0.25, 0.3) is 0 Å². The number of amides is 1. The van der Waals surface area contributed by atoms with E-state index >= 15 is 0 Å². The quantitative estimate of drug-likeness (QED) is 0.330. The zero-order chi connectivity index (χ0) is 26.0. The predicted octanol–water partition coefficient (Wildman–Crippen LogP) is 0.692. The number of alkyl halides is 1. The van der Waals surface area contributed by atoms with E-state index in [0.29, 0.717) is 18.7 Å². The molecule has 0 spiro atoms. The lowest BCUT2D eigenvalue weighted by Gasteiger charge is -2.44. The summed E-state index contributed by atoms with van der Waals surface area (Å²) in [5.74, 6) is 0.0909. The molecule has 3 heterocycles. The molecule has 36 heavy (non-hydrogen) atoms. The van der Waals surface area contributed by atoms with Crippen molar-refractivity contribution in [3.63, 3.8) is 0 Å². The number of carbonyl (C=O) groups is 1. The highest BCUT2D eigenvalue weighted by Crippen LogP contribution is 2.36. The van der Waals surface area contributed by atoms with Crippen LogP contribution >= 0.6 is 23.4 Å². The molecule has 4 rings (SSSR count). The lowest BCUT2D eigenvalue weighted by molar-refractivity contribution is -0.205. The molecule has 1 amide bonds. The molecule has 0 aromatic heterocycles. The molecular formula is C25H34ClN3O6S. The maximum atomic E-state index is 13.4. The van der Waals surface area contributed by atoms with Crippen LogP contribution in [0.4, 0.5) is 0 Å². The summed E-state index contributed by atoms with van der Waals surface area (Å²) in [5.41, 5.74) is 1.03. The van der Waals surface area contributed by atoms with Crippen LogP contribution in [-0.4, -0.2) is 94.1 Å². The molecule has 3 saturated heterocycles. The van der Waals surface area contributed by atoms with Crippen molar-refractivity contribution in [3.8, 4) is 6.07 Å². The first-order chi connectivity index (χ1) is 17.2. The molecule has 11 atom stereocenters. The average molecular weight is 540 g/mol. The van der Waals surface area contributed by atoms with Crippen molar-refractivity contribution < 1.29 is 29.6 Å². The number of thioether (sulfide) groups is 1. The fourth-order valence-electron chi connectivity index (χ4n) is 5.51. The molecule has 0 bridgehead atoms. The molecule has 3 aliphatic rings. The molecular weight excluding hydrogens is 506 g/mol. The van der Waals surface area contributed by atoms with Gasteiger partial charge in [-0.1, -0.05) is 12.1 Å².